The van der Waals surface area contributed by atoms with Crippen LogP contribution in [0.25, 0.3) is 0 Å². The van der Waals surface area contributed by atoms with Crippen molar-refractivity contribution in [2.45, 2.75) is 19.8 Å². The molecule has 0 amide bonds. The second kappa shape index (κ2) is 3.16. The summed E-state index contributed by atoms with van der Waals surface area (Å²) in [6.45, 7) is 4.27. The Bertz CT molecular complexity index is 243. The summed E-state index contributed by atoms with van der Waals surface area (Å²) in [6, 6.07) is 2.00. The van der Waals surface area contributed by atoms with Gasteiger partial charge >= 0.3 is 0 Å². The van der Waals surface area contributed by atoms with Crippen LogP contribution in [0.5, 0.6) is 0 Å². The van der Waals surface area contributed by atoms with Gasteiger partial charge in [-0.3, -0.25) is 4.68 Å². The van der Waals surface area contributed by atoms with E-state index in [2.05, 4.69) is 18.9 Å². The van der Waals surface area contributed by atoms with Crippen molar-refractivity contribution in [1.29, 1.82) is 0 Å². The molecule has 4 heteroatoms. The highest BCUT2D eigenvalue weighted by Crippen LogP contribution is 2.09. The maximum Gasteiger partial charge on any atom is 0.124 e. The molecule has 11 heavy (non-hydrogen) atoms. The van der Waals surface area contributed by atoms with Crippen molar-refractivity contribution in [3.05, 3.63) is 11.8 Å². The Labute approximate surface area is 69.6 Å². The molecule has 0 aromatic carbocycles. The van der Waals surface area contributed by atoms with Crippen molar-refractivity contribution in [3.63, 3.8) is 0 Å². The number of aromatic nitrogens is 2. The molecule has 0 spiro atoms. The maximum absolute atomic E-state index is 5.33. The molecule has 1 aromatic heterocycles. The van der Waals surface area contributed by atoms with Gasteiger partial charge in [-0.1, -0.05) is 13.8 Å². The molecule has 0 unspecified atom stereocenters. The predicted molar refractivity (Wildman–Crippen MR) is 48.4 cm³/mol. The minimum atomic E-state index is 0.501. The van der Waals surface area contributed by atoms with E-state index in [0.29, 0.717) is 5.92 Å². The molecule has 2 nitrogen and oxygen atoms in total. The molecule has 1 heterocycles. The van der Waals surface area contributed by atoms with Gasteiger partial charge in [0.15, 0.2) is 0 Å². The molecule has 1 rings (SSSR count). The fourth-order valence-electron chi connectivity index (χ4n) is 1.13. The lowest BCUT2D eigenvalue weighted by Crippen LogP contribution is -2.16. The largest absolute Gasteiger partial charge is 0.273 e. The van der Waals surface area contributed by atoms with E-state index in [4.69, 9.17) is 7.74 Å². The monoisotopic (exact) mass is 145 g/mol. The average molecular weight is 145 g/mol. The zero-order chi connectivity index (χ0) is 8.43. The van der Waals surface area contributed by atoms with Crippen LogP contribution in [-0.4, -0.2) is 24.7 Å². The fraction of sp³-hybridized carbons (Fsp3) is 0.571. The lowest BCUT2D eigenvalue weighted by atomic mass is 9.53. The van der Waals surface area contributed by atoms with Crippen molar-refractivity contribution in [2.75, 3.05) is 0 Å². The highest BCUT2D eigenvalue weighted by atomic mass is 15.3. The molecule has 0 aliphatic heterocycles. The first kappa shape index (κ1) is 8.44. The van der Waals surface area contributed by atoms with Crippen molar-refractivity contribution in [3.8, 4) is 0 Å². The van der Waals surface area contributed by atoms with Gasteiger partial charge in [0, 0.05) is 26.1 Å². The predicted octanol–water partition coefficient (Wildman–Crippen LogP) is -0.0435. The summed E-state index contributed by atoms with van der Waals surface area (Å²) in [5, 5.41) is 4.19. The Hall–Kier alpha value is -0.660. The van der Waals surface area contributed by atoms with Gasteiger partial charge in [-0.15, -0.1) is 0 Å². The van der Waals surface area contributed by atoms with Crippen LogP contribution in [0.1, 0.15) is 25.5 Å². The molecule has 1 aromatic rings. The minimum Gasteiger partial charge on any atom is -0.273 e. The molecule has 3 radical (unpaired) electrons. The van der Waals surface area contributed by atoms with Gasteiger partial charge in [0.25, 0.3) is 0 Å². The van der Waals surface area contributed by atoms with Gasteiger partial charge in [0.1, 0.15) is 7.17 Å². The molecule has 0 atom stereocenters. The number of hydrogen-bond acceptors (Lipinski definition) is 1. The van der Waals surface area contributed by atoms with Gasteiger partial charge in [0.2, 0.25) is 0 Å². The first-order valence-electron chi connectivity index (χ1n) is 3.74. The molecule has 0 saturated heterocycles. The summed E-state index contributed by atoms with van der Waals surface area (Å²) in [5.41, 5.74) is 2.05. The van der Waals surface area contributed by atoms with E-state index in [1.54, 1.807) is 0 Å². The SMILES string of the molecule is [B][B]c1cc(C(C)C)n(C)n1. The van der Waals surface area contributed by atoms with Crippen molar-refractivity contribution in [2.24, 2.45) is 7.05 Å². The zero-order valence-electron chi connectivity index (χ0n) is 7.20. The smallest absolute Gasteiger partial charge is 0.124 e. The third-order valence-electron chi connectivity index (χ3n) is 1.70. The van der Waals surface area contributed by atoms with Crippen molar-refractivity contribution in [1.82, 2.24) is 9.78 Å². The first-order valence-corrected chi connectivity index (χ1v) is 3.74. The summed E-state index contributed by atoms with van der Waals surface area (Å²) in [6.07, 6.45) is 0. The Kier molecular flexibility index (Phi) is 2.42. The maximum atomic E-state index is 5.33. The summed E-state index contributed by atoms with van der Waals surface area (Å²) < 4.78 is 1.86. The van der Waals surface area contributed by atoms with E-state index in [0.717, 1.165) is 5.59 Å². The van der Waals surface area contributed by atoms with Crippen molar-refractivity contribution >= 4 is 20.5 Å². The van der Waals surface area contributed by atoms with Crippen LogP contribution < -0.4 is 5.59 Å². The highest BCUT2D eigenvalue weighted by Gasteiger charge is 2.06. The van der Waals surface area contributed by atoms with E-state index in [1.807, 2.05) is 17.8 Å². The topological polar surface area (TPSA) is 17.8 Å². The highest BCUT2D eigenvalue weighted by molar-refractivity contribution is 6.97. The quantitative estimate of drug-likeness (QED) is 0.533. The Morgan fingerprint density at radius 1 is 1.64 bits per heavy atom. The lowest BCUT2D eigenvalue weighted by Gasteiger charge is -2.02. The third-order valence-corrected chi connectivity index (χ3v) is 1.70. The molecule has 0 saturated carbocycles. The number of rotatable bonds is 2. The van der Waals surface area contributed by atoms with Crippen LogP contribution in [-0.2, 0) is 7.05 Å². The minimum absolute atomic E-state index is 0.501. The van der Waals surface area contributed by atoms with Gasteiger partial charge in [0.05, 0.1) is 0 Å². The molecule has 0 fully saturated rings. The van der Waals surface area contributed by atoms with E-state index >= 15 is 0 Å². The van der Waals surface area contributed by atoms with E-state index < -0.39 is 0 Å². The van der Waals surface area contributed by atoms with Crippen LogP contribution in [0.2, 0.25) is 0 Å². The van der Waals surface area contributed by atoms with E-state index in [1.165, 1.54) is 12.9 Å². The van der Waals surface area contributed by atoms with E-state index in [9.17, 15) is 0 Å². The Morgan fingerprint density at radius 2 is 2.27 bits per heavy atom. The van der Waals surface area contributed by atoms with Crippen LogP contribution in [0.3, 0.4) is 0 Å². The third kappa shape index (κ3) is 1.67. The molecular formula is C7H11B2N2. The summed E-state index contributed by atoms with van der Waals surface area (Å²) in [4.78, 5) is 0. The molecule has 0 aliphatic rings. The summed E-state index contributed by atoms with van der Waals surface area (Å²) in [7, 11) is 8.78. The van der Waals surface area contributed by atoms with Gasteiger partial charge in [-0.2, -0.15) is 5.10 Å². The molecule has 0 aliphatic carbocycles. The second-order valence-corrected chi connectivity index (χ2v) is 2.94. The lowest BCUT2D eigenvalue weighted by molar-refractivity contribution is 0.672. The van der Waals surface area contributed by atoms with Crippen LogP contribution >= 0.6 is 0 Å². The molecule has 0 bridgehead atoms. The summed E-state index contributed by atoms with van der Waals surface area (Å²) in [5.74, 6) is 0.501. The first-order chi connectivity index (χ1) is 5.15. The molecule has 55 valence electrons. The van der Waals surface area contributed by atoms with Gasteiger partial charge in [-0.05, 0) is 12.0 Å². The average Bonchev–Trinajstić information content (AvgIpc) is 2.30. The molecule has 0 N–H and O–H groups in total. The Morgan fingerprint density at radius 3 is 2.55 bits per heavy atom. The number of nitrogens with zero attached hydrogens (tertiary/aromatic N) is 2. The Balaban J connectivity index is 2.97. The van der Waals surface area contributed by atoms with Gasteiger partial charge < -0.3 is 0 Å². The number of hydrogen-bond donors (Lipinski definition) is 0. The van der Waals surface area contributed by atoms with Crippen LogP contribution in [0, 0.1) is 0 Å². The van der Waals surface area contributed by atoms with Gasteiger partial charge in [-0.25, -0.2) is 0 Å². The fourth-order valence-corrected chi connectivity index (χ4v) is 1.13. The summed E-state index contributed by atoms with van der Waals surface area (Å²) >= 11 is 0. The van der Waals surface area contributed by atoms with Crippen molar-refractivity contribution < 1.29 is 0 Å². The van der Waals surface area contributed by atoms with E-state index in [-0.39, 0.29) is 0 Å². The second-order valence-electron chi connectivity index (χ2n) is 2.94. The molecular weight excluding hydrogens is 134 g/mol. The number of aryl methyl sites for hydroxylation is 1. The van der Waals surface area contributed by atoms with Crippen LogP contribution in [0.4, 0.5) is 0 Å². The normalized spacial score (nSPS) is 10.5. The zero-order valence-corrected chi connectivity index (χ0v) is 7.20. The van der Waals surface area contributed by atoms with Crippen LogP contribution in [0.15, 0.2) is 6.07 Å². The standard InChI is InChI=1S/C7H11B2N2/c1-5(2)6-4-7(9-8)10-11(6)3/h4-5H,1-3H3.